The van der Waals surface area contributed by atoms with E-state index in [0.717, 1.165) is 30.2 Å². The van der Waals surface area contributed by atoms with Crippen molar-refractivity contribution in [2.24, 2.45) is 0 Å². The molecule has 1 aromatic rings. The number of aromatic nitrogens is 2. The Balaban J connectivity index is 2.07. The van der Waals surface area contributed by atoms with Gasteiger partial charge in [-0.3, -0.25) is 4.79 Å². The van der Waals surface area contributed by atoms with Gasteiger partial charge in [0.05, 0.1) is 5.69 Å². The maximum Gasteiger partial charge on any atom is 0.220 e. The first-order chi connectivity index (χ1) is 9.19. The lowest BCUT2D eigenvalue weighted by atomic mass is 10.0. The largest absolute Gasteiger partial charge is 0.359 e. The third-order valence-electron chi connectivity index (χ3n) is 3.47. The predicted octanol–water partition coefficient (Wildman–Crippen LogP) is 1.28. The average molecular weight is 262 g/mol. The molecule has 0 bridgehead atoms. The minimum absolute atomic E-state index is 0.0496. The van der Waals surface area contributed by atoms with Crippen molar-refractivity contribution in [1.29, 1.82) is 0 Å². The second-order valence-corrected chi connectivity index (χ2v) is 5.01. The molecule has 0 spiro atoms. The molecule has 0 saturated carbocycles. The summed E-state index contributed by atoms with van der Waals surface area (Å²) in [6, 6.07) is 2.38. The lowest BCUT2D eigenvalue weighted by Gasteiger charge is -2.23. The van der Waals surface area contributed by atoms with E-state index in [0.29, 0.717) is 18.9 Å². The fraction of sp³-hybridized carbons (Fsp3) is 0.643. The third-order valence-corrected chi connectivity index (χ3v) is 3.47. The normalized spacial score (nSPS) is 19.2. The van der Waals surface area contributed by atoms with Gasteiger partial charge < -0.3 is 10.6 Å². The number of hydrogen-bond donors (Lipinski definition) is 2. The number of nitrogens with zero attached hydrogens (tertiary/aromatic N) is 2. The fourth-order valence-corrected chi connectivity index (χ4v) is 2.43. The number of aryl methyl sites for hydroxylation is 2. The van der Waals surface area contributed by atoms with Gasteiger partial charge in [-0.2, -0.15) is 0 Å². The van der Waals surface area contributed by atoms with Gasteiger partial charge in [-0.1, -0.05) is 6.42 Å². The summed E-state index contributed by atoms with van der Waals surface area (Å²) in [6.45, 7) is 2.97. The van der Waals surface area contributed by atoms with Gasteiger partial charge in [0.1, 0.15) is 5.82 Å². The van der Waals surface area contributed by atoms with E-state index in [1.165, 1.54) is 12.8 Å². The van der Waals surface area contributed by atoms with Crippen LogP contribution in [0.15, 0.2) is 6.07 Å². The average Bonchev–Trinajstić information content (AvgIpc) is 2.45. The Labute approximate surface area is 114 Å². The number of carbonyl (C=O) groups excluding carboxylic acids is 1. The molecule has 1 amide bonds. The molecule has 1 aromatic heterocycles. The molecule has 0 radical (unpaired) electrons. The molecule has 5 heteroatoms. The van der Waals surface area contributed by atoms with Gasteiger partial charge in [0.15, 0.2) is 0 Å². The Kier molecular flexibility index (Phi) is 4.85. The molecule has 1 unspecified atom stereocenters. The zero-order valence-corrected chi connectivity index (χ0v) is 11.7. The molecular weight excluding hydrogens is 240 g/mol. The van der Waals surface area contributed by atoms with Crippen LogP contribution in [0, 0.1) is 6.92 Å². The zero-order valence-electron chi connectivity index (χ0n) is 11.7. The summed E-state index contributed by atoms with van der Waals surface area (Å²) in [5.74, 6) is 0.838. The van der Waals surface area contributed by atoms with E-state index in [4.69, 9.17) is 0 Å². The smallest absolute Gasteiger partial charge is 0.220 e. The standard InChI is InChI=1S/C14H22N4O/c1-10-17-11(6-7-14(19)15-2)9-13(18-10)12-5-3-4-8-16-12/h9,12,16H,3-8H2,1-2H3,(H,15,19). The Bertz CT molecular complexity index is 441. The van der Waals surface area contributed by atoms with Gasteiger partial charge >= 0.3 is 0 Å². The maximum atomic E-state index is 11.3. The molecule has 2 heterocycles. The topological polar surface area (TPSA) is 66.9 Å². The van der Waals surface area contributed by atoms with Crippen LogP contribution in [0.5, 0.6) is 0 Å². The maximum absolute atomic E-state index is 11.3. The summed E-state index contributed by atoms with van der Waals surface area (Å²) >= 11 is 0. The van der Waals surface area contributed by atoms with Crippen molar-refractivity contribution in [3.63, 3.8) is 0 Å². The summed E-state index contributed by atoms with van der Waals surface area (Å²) in [4.78, 5) is 20.2. The summed E-state index contributed by atoms with van der Waals surface area (Å²) in [5, 5.41) is 6.13. The molecular formula is C14H22N4O. The summed E-state index contributed by atoms with van der Waals surface area (Å²) < 4.78 is 0. The highest BCUT2D eigenvalue weighted by Gasteiger charge is 2.17. The molecule has 19 heavy (non-hydrogen) atoms. The van der Waals surface area contributed by atoms with E-state index in [-0.39, 0.29) is 5.91 Å². The van der Waals surface area contributed by atoms with Crippen LogP contribution in [0.2, 0.25) is 0 Å². The first-order valence-corrected chi connectivity index (χ1v) is 6.97. The van der Waals surface area contributed by atoms with Crippen molar-refractivity contribution >= 4 is 5.91 Å². The molecule has 1 fully saturated rings. The molecule has 1 saturated heterocycles. The van der Waals surface area contributed by atoms with E-state index in [9.17, 15) is 4.79 Å². The van der Waals surface area contributed by atoms with Crippen molar-refractivity contribution in [2.75, 3.05) is 13.6 Å². The van der Waals surface area contributed by atoms with Gasteiger partial charge in [0.2, 0.25) is 5.91 Å². The Morgan fingerprint density at radius 1 is 1.47 bits per heavy atom. The number of rotatable bonds is 4. The summed E-state index contributed by atoms with van der Waals surface area (Å²) in [6.07, 6.45) is 4.76. The lowest BCUT2D eigenvalue weighted by Crippen LogP contribution is -2.28. The van der Waals surface area contributed by atoms with Crippen LogP contribution in [0.3, 0.4) is 0 Å². The fourth-order valence-electron chi connectivity index (χ4n) is 2.43. The highest BCUT2D eigenvalue weighted by Crippen LogP contribution is 2.22. The summed E-state index contributed by atoms with van der Waals surface area (Å²) in [5.41, 5.74) is 2.03. The van der Waals surface area contributed by atoms with Crippen LogP contribution in [0.25, 0.3) is 0 Å². The minimum atomic E-state index is 0.0496. The quantitative estimate of drug-likeness (QED) is 0.857. The molecule has 1 atom stereocenters. The van der Waals surface area contributed by atoms with Crippen molar-refractivity contribution < 1.29 is 4.79 Å². The number of piperidine rings is 1. The Morgan fingerprint density at radius 3 is 3.00 bits per heavy atom. The zero-order chi connectivity index (χ0) is 13.7. The van der Waals surface area contributed by atoms with E-state index in [1.807, 2.05) is 13.0 Å². The lowest BCUT2D eigenvalue weighted by molar-refractivity contribution is -0.120. The van der Waals surface area contributed by atoms with E-state index in [2.05, 4.69) is 20.6 Å². The van der Waals surface area contributed by atoms with Crippen molar-refractivity contribution in [3.8, 4) is 0 Å². The van der Waals surface area contributed by atoms with E-state index < -0.39 is 0 Å². The predicted molar refractivity (Wildman–Crippen MR) is 73.8 cm³/mol. The van der Waals surface area contributed by atoms with Gasteiger partial charge in [0, 0.05) is 25.2 Å². The SMILES string of the molecule is CNC(=O)CCc1cc(C2CCCCN2)nc(C)n1. The first kappa shape index (κ1) is 13.9. The molecule has 5 nitrogen and oxygen atoms in total. The number of hydrogen-bond acceptors (Lipinski definition) is 4. The summed E-state index contributed by atoms with van der Waals surface area (Å²) in [7, 11) is 1.66. The second kappa shape index (κ2) is 6.61. The second-order valence-electron chi connectivity index (χ2n) is 5.01. The Morgan fingerprint density at radius 2 is 2.32 bits per heavy atom. The minimum Gasteiger partial charge on any atom is -0.359 e. The molecule has 1 aliphatic rings. The van der Waals surface area contributed by atoms with Gasteiger partial charge in [0.25, 0.3) is 0 Å². The van der Waals surface area contributed by atoms with Gasteiger partial charge in [-0.25, -0.2) is 9.97 Å². The van der Waals surface area contributed by atoms with Crippen LogP contribution in [0.1, 0.15) is 48.9 Å². The van der Waals surface area contributed by atoms with Crippen LogP contribution in [-0.2, 0) is 11.2 Å². The number of nitrogens with one attached hydrogen (secondary N) is 2. The van der Waals surface area contributed by atoms with Crippen molar-refractivity contribution in [3.05, 3.63) is 23.3 Å². The van der Waals surface area contributed by atoms with Crippen LogP contribution in [-0.4, -0.2) is 29.5 Å². The molecule has 104 valence electrons. The monoisotopic (exact) mass is 262 g/mol. The third kappa shape index (κ3) is 3.99. The van der Waals surface area contributed by atoms with Crippen molar-refractivity contribution in [2.45, 2.75) is 45.1 Å². The molecule has 2 N–H and O–H groups in total. The van der Waals surface area contributed by atoms with Gasteiger partial charge in [-0.15, -0.1) is 0 Å². The van der Waals surface area contributed by atoms with Crippen LogP contribution >= 0.6 is 0 Å². The first-order valence-electron chi connectivity index (χ1n) is 6.97. The van der Waals surface area contributed by atoms with E-state index in [1.54, 1.807) is 7.05 Å². The Hall–Kier alpha value is -1.49. The van der Waals surface area contributed by atoms with E-state index >= 15 is 0 Å². The molecule has 1 aliphatic heterocycles. The number of carbonyl (C=O) groups is 1. The molecule has 0 aliphatic carbocycles. The van der Waals surface area contributed by atoms with Gasteiger partial charge in [-0.05, 0) is 38.8 Å². The van der Waals surface area contributed by atoms with Crippen LogP contribution in [0.4, 0.5) is 0 Å². The molecule has 0 aromatic carbocycles. The van der Waals surface area contributed by atoms with Crippen LogP contribution < -0.4 is 10.6 Å². The molecule has 2 rings (SSSR count). The highest BCUT2D eigenvalue weighted by molar-refractivity contribution is 5.75. The number of amides is 1. The van der Waals surface area contributed by atoms with Crippen molar-refractivity contribution in [1.82, 2.24) is 20.6 Å². The highest BCUT2D eigenvalue weighted by atomic mass is 16.1.